The van der Waals surface area contributed by atoms with Crippen LogP contribution in [0.2, 0.25) is 5.02 Å². The van der Waals surface area contributed by atoms with E-state index >= 15 is 0 Å². The average Bonchev–Trinajstić information content (AvgIpc) is 2.33. The summed E-state index contributed by atoms with van der Waals surface area (Å²) >= 11 is 5.89. The summed E-state index contributed by atoms with van der Waals surface area (Å²) in [5.74, 6) is 0.00934. The van der Waals surface area contributed by atoms with Gasteiger partial charge in [0.1, 0.15) is 6.04 Å². The van der Waals surface area contributed by atoms with E-state index in [0.717, 1.165) is 17.8 Å². The Bertz CT molecular complexity index is 437. The van der Waals surface area contributed by atoms with Crippen LogP contribution in [0.1, 0.15) is 12.5 Å². The molecule has 0 aliphatic carbocycles. The Morgan fingerprint density at radius 3 is 3.06 bits per heavy atom. The van der Waals surface area contributed by atoms with Crippen molar-refractivity contribution in [2.24, 2.45) is 0 Å². The summed E-state index contributed by atoms with van der Waals surface area (Å²) in [7, 11) is 0. The summed E-state index contributed by atoms with van der Waals surface area (Å²) in [5, 5.41) is 12.7. The number of benzene rings is 1. The molecule has 1 unspecified atom stereocenters. The average molecular weight is 255 g/mol. The molecule has 1 amide bonds. The van der Waals surface area contributed by atoms with E-state index in [1.807, 2.05) is 17.9 Å². The minimum atomic E-state index is -0.227. The maximum Gasteiger partial charge on any atom is 0.242 e. The molecule has 0 aromatic heterocycles. The predicted octanol–water partition coefficient (Wildman–Crippen LogP) is 1.16. The number of anilines is 1. The van der Waals surface area contributed by atoms with Gasteiger partial charge in [-0.05, 0) is 25.1 Å². The molecule has 1 aliphatic rings. The second-order valence-electron chi connectivity index (χ2n) is 4.09. The highest BCUT2D eigenvalue weighted by molar-refractivity contribution is 6.30. The minimum Gasteiger partial charge on any atom is -0.392 e. The van der Waals surface area contributed by atoms with Gasteiger partial charge in [0.25, 0.3) is 0 Å². The Kier molecular flexibility index (Phi) is 3.54. The zero-order valence-electron chi connectivity index (χ0n) is 9.61. The molecule has 0 radical (unpaired) electrons. The van der Waals surface area contributed by atoms with Crippen molar-refractivity contribution >= 4 is 23.2 Å². The smallest absolute Gasteiger partial charge is 0.242 e. The van der Waals surface area contributed by atoms with E-state index in [4.69, 9.17) is 11.6 Å². The zero-order valence-corrected chi connectivity index (χ0v) is 10.4. The lowest BCUT2D eigenvalue weighted by Gasteiger charge is -2.35. The van der Waals surface area contributed by atoms with Crippen LogP contribution in [0.25, 0.3) is 0 Å². The number of piperazine rings is 1. The summed E-state index contributed by atoms with van der Waals surface area (Å²) in [6.07, 6.45) is 0. The molecule has 1 saturated heterocycles. The number of nitrogens with zero attached hydrogens (tertiary/aromatic N) is 1. The number of aliphatic hydroxyl groups excluding tert-OH is 1. The van der Waals surface area contributed by atoms with Crippen LogP contribution in [0, 0.1) is 0 Å². The SMILES string of the molecule is CC1C(=O)NCCN1c1ccc(Cl)cc1CO. The van der Waals surface area contributed by atoms with Gasteiger partial charge in [-0.25, -0.2) is 0 Å². The van der Waals surface area contributed by atoms with Gasteiger partial charge in [0.2, 0.25) is 5.91 Å². The van der Waals surface area contributed by atoms with E-state index in [9.17, 15) is 9.90 Å². The highest BCUT2D eigenvalue weighted by Crippen LogP contribution is 2.26. The molecule has 17 heavy (non-hydrogen) atoms. The van der Waals surface area contributed by atoms with E-state index in [0.29, 0.717) is 11.6 Å². The monoisotopic (exact) mass is 254 g/mol. The number of rotatable bonds is 2. The van der Waals surface area contributed by atoms with Crippen LogP contribution >= 0.6 is 11.6 Å². The third-order valence-corrected chi connectivity index (χ3v) is 3.26. The van der Waals surface area contributed by atoms with Crippen molar-refractivity contribution in [1.82, 2.24) is 5.32 Å². The van der Waals surface area contributed by atoms with E-state index < -0.39 is 0 Å². The number of amides is 1. The van der Waals surface area contributed by atoms with Gasteiger partial charge in [0.15, 0.2) is 0 Å². The lowest BCUT2D eigenvalue weighted by Crippen LogP contribution is -2.54. The van der Waals surface area contributed by atoms with Crippen LogP contribution in [0.4, 0.5) is 5.69 Å². The summed E-state index contributed by atoms with van der Waals surface area (Å²) < 4.78 is 0. The molecule has 2 N–H and O–H groups in total. The third kappa shape index (κ3) is 2.37. The van der Waals surface area contributed by atoms with Gasteiger partial charge in [0, 0.05) is 29.4 Å². The second-order valence-corrected chi connectivity index (χ2v) is 4.53. The molecule has 2 rings (SSSR count). The fraction of sp³-hybridized carbons (Fsp3) is 0.417. The van der Waals surface area contributed by atoms with E-state index in [2.05, 4.69) is 5.32 Å². The van der Waals surface area contributed by atoms with Crippen molar-refractivity contribution in [1.29, 1.82) is 0 Å². The van der Waals surface area contributed by atoms with Gasteiger partial charge in [-0.2, -0.15) is 0 Å². The molecule has 92 valence electrons. The Balaban J connectivity index is 2.35. The fourth-order valence-electron chi connectivity index (χ4n) is 2.07. The first-order valence-corrected chi connectivity index (χ1v) is 5.95. The van der Waals surface area contributed by atoms with Gasteiger partial charge in [0.05, 0.1) is 6.61 Å². The Hall–Kier alpha value is -1.26. The molecular weight excluding hydrogens is 240 g/mol. The first-order chi connectivity index (χ1) is 8.13. The van der Waals surface area contributed by atoms with E-state index in [-0.39, 0.29) is 18.6 Å². The Labute approximate surface area is 105 Å². The first-order valence-electron chi connectivity index (χ1n) is 5.57. The molecule has 0 bridgehead atoms. The van der Waals surface area contributed by atoms with Gasteiger partial charge in [-0.15, -0.1) is 0 Å². The molecule has 1 atom stereocenters. The number of hydrogen-bond donors (Lipinski definition) is 2. The normalized spacial score (nSPS) is 20.3. The Morgan fingerprint density at radius 1 is 1.59 bits per heavy atom. The molecule has 1 heterocycles. The van der Waals surface area contributed by atoms with E-state index in [1.165, 1.54) is 0 Å². The van der Waals surface area contributed by atoms with Crippen molar-refractivity contribution in [3.05, 3.63) is 28.8 Å². The summed E-state index contributed by atoms with van der Waals surface area (Å²) in [6, 6.07) is 5.13. The van der Waals surface area contributed by atoms with Crippen LogP contribution in [0.3, 0.4) is 0 Å². The topological polar surface area (TPSA) is 52.6 Å². The highest BCUT2D eigenvalue weighted by atomic mass is 35.5. The number of nitrogens with one attached hydrogen (secondary N) is 1. The van der Waals surface area contributed by atoms with Crippen molar-refractivity contribution in [3.63, 3.8) is 0 Å². The predicted molar refractivity (Wildman–Crippen MR) is 67.2 cm³/mol. The van der Waals surface area contributed by atoms with Gasteiger partial charge < -0.3 is 15.3 Å². The minimum absolute atomic E-state index is 0.00934. The lowest BCUT2D eigenvalue weighted by molar-refractivity contribution is -0.122. The summed E-state index contributed by atoms with van der Waals surface area (Å²) in [5.41, 5.74) is 1.62. The molecular formula is C12H15ClN2O2. The Morgan fingerprint density at radius 2 is 2.35 bits per heavy atom. The van der Waals surface area contributed by atoms with Crippen molar-refractivity contribution in [3.8, 4) is 0 Å². The molecule has 1 aromatic rings. The quantitative estimate of drug-likeness (QED) is 0.833. The van der Waals surface area contributed by atoms with Crippen LogP contribution in [-0.4, -0.2) is 30.1 Å². The van der Waals surface area contributed by atoms with Gasteiger partial charge in [-0.3, -0.25) is 4.79 Å². The first kappa shape index (κ1) is 12.2. The maximum atomic E-state index is 11.6. The number of hydrogen-bond acceptors (Lipinski definition) is 3. The zero-order chi connectivity index (χ0) is 12.4. The van der Waals surface area contributed by atoms with Crippen LogP contribution in [-0.2, 0) is 11.4 Å². The molecule has 0 saturated carbocycles. The van der Waals surface area contributed by atoms with Crippen molar-refractivity contribution in [2.75, 3.05) is 18.0 Å². The second kappa shape index (κ2) is 4.94. The van der Waals surface area contributed by atoms with Crippen molar-refractivity contribution < 1.29 is 9.90 Å². The largest absolute Gasteiger partial charge is 0.392 e. The van der Waals surface area contributed by atoms with E-state index in [1.54, 1.807) is 12.1 Å². The number of carbonyl (C=O) groups is 1. The van der Waals surface area contributed by atoms with Crippen molar-refractivity contribution in [2.45, 2.75) is 19.6 Å². The van der Waals surface area contributed by atoms with Gasteiger partial charge in [-0.1, -0.05) is 11.6 Å². The van der Waals surface area contributed by atoms with Crippen LogP contribution in [0.15, 0.2) is 18.2 Å². The molecule has 1 fully saturated rings. The number of aliphatic hydroxyl groups is 1. The molecule has 4 nitrogen and oxygen atoms in total. The standard InChI is InChI=1S/C12H15ClN2O2/c1-8-12(17)14-4-5-15(8)11-3-2-10(13)6-9(11)7-16/h2-3,6,8,16H,4-5,7H2,1H3,(H,14,17). The summed E-state index contributed by atoms with van der Waals surface area (Å²) in [6.45, 7) is 3.13. The third-order valence-electron chi connectivity index (χ3n) is 3.02. The molecule has 1 aliphatic heterocycles. The maximum absolute atomic E-state index is 11.6. The van der Waals surface area contributed by atoms with Crippen LogP contribution < -0.4 is 10.2 Å². The number of halogens is 1. The molecule has 0 spiro atoms. The van der Waals surface area contributed by atoms with Gasteiger partial charge >= 0.3 is 0 Å². The summed E-state index contributed by atoms with van der Waals surface area (Å²) in [4.78, 5) is 13.6. The highest BCUT2D eigenvalue weighted by Gasteiger charge is 2.26. The number of carbonyl (C=O) groups excluding carboxylic acids is 1. The molecule has 1 aromatic carbocycles. The fourth-order valence-corrected chi connectivity index (χ4v) is 2.27. The lowest BCUT2D eigenvalue weighted by atomic mass is 10.1. The molecule has 5 heteroatoms. The van der Waals surface area contributed by atoms with Crippen LogP contribution in [0.5, 0.6) is 0 Å².